The first-order chi connectivity index (χ1) is 9.81. The van der Waals surface area contributed by atoms with Crippen molar-refractivity contribution in [3.8, 4) is 0 Å². The van der Waals surface area contributed by atoms with Crippen molar-refractivity contribution < 1.29 is 9.53 Å². The van der Waals surface area contributed by atoms with E-state index in [1.54, 1.807) is 0 Å². The van der Waals surface area contributed by atoms with E-state index in [-0.39, 0.29) is 23.5 Å². The SMILES string of the molecule is CC1CN(C(=O)c2ccc(C(C)(C)C)cc2)CC(CBr)O1. The number of rotatable bonds is 2. The zero-order valence-electron chi connectivity index (χ0n) is 13.2. The van der Waals surface area contributed by atoms with Gasteiger partial charge < -0.3 is 9.64 Å². The lowest BCUT2D eigenvalue weighted by atomic mass is 9.86. The summed E-state index contributed by atoms with van der Waals surface area (Å²) in [5.41, 5.74) is 2.11. The summed E-state index contributed by atoms with van der Waals surface area (Å²) < 4.78 is 5.77. The number of hydrogen-bond acceptors (Lipinski definition) is 2. The number of alkyl halides is 1. The van der Waals surface area contributed by atoms with Crippen LogP contribution in [0.3, 0.4) is 0 Å². The van der Waals surface area contributed by atoms with Crippen molar-refractivity contribution in [1.29, 1.82) is 0 Å². The Bertz CT molecular complexity index is 493. The highest BCUT2D eigenvalue weighted by atomic mass is 79.9. The Labute approximate surface area is 135 Å². The third kappa shape index (κ3) is 4.07. The predicted molar refractivity (Wildman–Crippen MR) is 89.2 cm³/mol. The maximum atomic E-state index is 12.6. The van der Waals surface area contributed by atoms with E-state index in [9.17, 15) is 4.79 Å². The fraction of sp³-hybridized carbons (Fsp3) is 0.588. The molecule has 0 bridgehead atoms. The van der Waals surface area contributed by atoms with Crippen molar-refractivity contribution in [3.63, 3.8) is 0 Å². The highest BCUT2D eigenvalue weighted by Gasteiger charge is 2.28. The van der Waals surface area contributed by atoms with E-state index >= 15 is 0 Å². The maximum Gasteiger partial charge on any atom is 0.254 e. The molecule has 1 aromatic rings. The molecular weight excluding hydrogens is 330 g/mol. The molecule has 3 nitrogen and oxygen atoms in total. The number of carbonyl (C=O) groups excluding carboxylic acids is 1. The van der Waals surface area contributed by atoms with Crippen LogP contribution in [0.2, 0.25) is 0 Å². The molecule has 0 aromatic heterocycles. The smallest absolute Gasteiger partial charge is 0.254 e. The Morgan fingerprint density at radius 2 is 1.90 bits per heavy atom. The topological polar surface area (TPSA) is 29.5 Å². The standard InChI is InChI=1S/C17H24BrNO2/c1-12-10-19(11-15(9-18)21-12)16(20)13-5-7-14(8-6-13)17(2,3)4/h5-8,12,15H,9-11H2,1-4H3. The second-order valence-electron chi connectivity index (χ2n) is 6.76. The highest BCUT2D eigenvalue weighted by molar-refractivity contribution is 9.09. The lowest BCUT2D eigenvalue weighted by Crippen LogP contribution is -2.49. The third-order valence-electron chi connectivity index (χ3n) is 3.78. The van der Waals surface area contributed by atoms with Crippen LogP contribution in [0.15, 0.2) is 24.3 Å². The Hall–Kier alpha value is -0.870. The molecule has 2 unspecified atom stereocenters. The third-order valence-corrected chi connectivity index (χ3v) is 4.51. The normalized spacial score (nSPS) is 23.2. The minimum atomic E-state index is 0.0755. The highest BCUT2D eigenvalue weighted by Crippen LogP contribution is 2.23. The molecule has 21 heavy (non-hydrogen) atoms. The fourth-order valence-electron chi connectivity index (χ4n) is 2.59. The molecule has 1 aliphatic heterocycles. The summed E-state index contributed by atoms with van der Waals surface area (Å²) in [5, 5.41) is 0.754. The molecule has 4 heteroatoms. The molecule has 116 valence electrons. The van der Waals surface area contributed by atoms with Gasteiger partial charge in [0.25, 0.3) is 5.91 Å². The van der Waals surface area contributed by atoms with Crippen LogP contribution in [-0.2, 0) is 10.2 Å². The summed E-state index contributed by atoms with van der Waals surface area (Å²) >= 11 is 3.44. The number of carbonyl (C=O) groups is 1. The number of benzene rings is 1. The minimum absolute atomic E-state index is 0.0755. The Balaban J connectivity index is 2.12. The first-order valence-corrected chi connectivity index (χ1v) is 8.54. The molecule has 0 N–H and O–H groups in total. The molecule has 0 spiro atoms. The molecule has 0 saturated carbocycles. The number of nitrogens with zero attached hydrogens (tertiary/aromatic N) is 1. The maximum absolute atomic E-state index is 12.6. The Morgan fingerprint density at radius 1 is 1.29 bits per heavy atom. The van der Waals surface area contributed by atoms with Gasteiger partial charge in [-0.25, -0.2) is 0 Å². The van der Waals surface area contributed by atoms with Gasteiger partial charge in [0.1, 0.15) is 0 Å². The van der Waals surface area contributed by atoms with Gasteiger partial charge in [-0.3, -0.25) is 4.79 Å². The summed E-state index contributed by atoms with van der Waals surface area (Å²) in [6, 6.07) is 7.98. The van der Waals surface area contributed by atoms with Crippen molar-refractivity contribution in [2.24, 2.45) is 0 Å². The molecule has 1 saturated heterocycles. The van der Waals surface area contributed by atoms with E-state index < -0.39 is 0 Å². The van der Waals surface area contributed by atoms with Gasteiger partial charge >= 0.3 is 0 Å². The average Bonchev–Trinajstić information content (AvgIpc) is 2.45. The van der Waals surface area contributed by atoms with Crippen LogP contribution in [0.25, 0.3) is 0 Å². The van der Waals surface area contributed by atoms with Crippen LogP contribution in [0.5, 0.6) is 0 Å². The lowest BCUT2D eigenvalue weighted by Gasteiger charge is -2.36. The molecule has 1 amide bonds. The number of halogens is 1. The molecular formula is C17H24BrNO2. The zero-order valence-corrected chi connectivity index (χ0v) is 14.8. The number of ether oxygens (including phenoxy) is 1. The zero-order chi connectivity index (χ0) is 15.6. The van der Waals surface area contributed by atoms with Crippen molar-refractivity contribution in [3.05, 3.63) is 35.4 Å². The van der Waals surface area contributed by atoms with Gasteiger partial charge in [-0.1, -0.05) is 48.8 Å². The minimum Gasteiger partial charge on any atom is -0.371 e. The second kappa shape index (κ2) is 6.49. The summed E-state index contributed by atoms with van der Waals surface area (Å²) in [4.78, 5) is 14.5. The second-order valence-corrected chi connectivity index (χ2v) is 7.41. The van der Waals surface area contributed by atoms with E-state index in [2.05, 4.69) is 48.8 Å². The van der Waals surface area contributed by atoms with E-state index in [4.69, 9.17) is 4.74 Å². The van der Waals surface area contributed by atoms with Gasteiger partial charge in [-0.15, -0.1) is 0 Å². The van der Waals surface area contributed by atoms with Crippen molar-refractivity contribution in [2.45, 2.75) is 45.3 Å². The Morgan fingerprint density at radius 3 is 2.43 bits per heavy atom. The summed E-state index contributed by atoms with van der Waals surface area (Å²) in [5.74, 6) is 0.0940. The largest absolute Gasteiger partial charge is 0.371 e. The van der Waals surface area contributed by atoms with Gasteiger partial charge in [-0.2, -0.15) is 0 Å². The van der Waals surface area contributed by atoms with Crippen molar-refractivity contribution in [1.82, 2.24) is 4.90 Å². The number of morpholine rings is 1. The lowest BCUT2D eigenvalue weighted by molar-refractivity contribution is -0.0559. The van der Waals surface area contributed by atoms with Gasteiger partial charge in [0.05, 0.1) is 12.2 Å². The average molecular weight is 354 g/mol. The van der Waals surface area contributed by atoms with Crippen LogP contribution in [0, 0.1) is 0 Å². The first kappa shape index (κ1) is 16.5. The van der Waals surface area contributed by atoms with E-state index in [0.717, 1.165) is 10.9 Å². The van der Waals surface area contributed by atoms with E-state index in [1.807, 2.05) is 24.0 Å². The van der Waals surface area contributed by atoms with Crippen LogP contribution >= 0.6 is 15.9 Å². The van der Waals surface area contributed by atoms with Crippen LogP contribution < -0.4 is 0 Å². The molecule has 1 aliphatic rings. The molecule has 1 heterocycles. The van der Waals surface area contributed by atoms with Gasteiger partial charge in [-0.05, 0) is 30.0 Å². The molecule has 1 fully saturated rings. The number of amides is 1. The monoisotopic (exact) mass is 353 g/mol. The van der Waals surface area contributed by atoms with Gasteiger partial charge in [0.2, 0.25) is 0 Å². The summed E-state index contributed by atoms with van der Waals surface area (Å²) in [6.45, 7) is 9.84. The first-order valence-electron chi connectivity index (χ1n) is 7.42. The molecule has 1 aromatic carbocycles. The van der Waals surface area contributed by atoms with Crippen LogP contribution in [0.1, 0.15) is 43.6 Å². The molecule has 0 radical (unpaired) electrons. The summed E-state index contributed by atoms with van der Waals surface area (Å²) in [6.07, 6.45) is 0.158. The van der Waals surface area contributed by atoms with Crippen molar-refractivity contribution in [2.75, 3.05) is 18.4 Å². The van der Waals surface area contributed by atoms with E-state index in [1.165, 1.54) is 5.56 Å². The van der Waals surface area contributed by atoms with Crippen molar-refractivity contribution >= 4 is 21.8 Å². The Kier molecular flexibility index (Phi) is 5.10. The van der Waals surface area contributed by atoms with Gasteiger partial charge in [0.15, 0.2) is 0 Å². The molecule has 2 atom stereocenters. The fourth-order valence-corrected chi connectivity index (χ4v) is 2.95. The molecule has 0 aliphatic carbocycles. The van der Waals surface area contributed by atoms with Gasteiger partial charge in [0, 0.05) is 24.0 Å². The van der Waals surface area contributed by atoms with Crippen LogP contribution in [0.4, 0.5) is 0 Å². The van der Waals surface area contributed by atoms with Crippen LogP contribution in [-0.4, -0.2) is 41.4 Å². The molecule has 2 rings (SSSR count). The number of hydrogen-bond donors (Lipinski definition) is 0. The quantitative estimate of drug-likeness (QED) is 0.760. The summed E-state index contributed by atoms with van der Waals surface area (Å²) in [7, 11) is 0. The predicted octanol–water partition coefficient (Wildman–Crippen LogP) is 3.61. The van der Waals surface area contributed by atoms with E-state index in [0.29, 0.717) is 13.1 Å².